The Kier molecular flexibility index (Phi) is 8.48. The van der Waals surface area contributed by atoms with E-state index in [4.69, 9.17) is 4.74 Å². The van der Waals surface area contributed by atoms with Gasteiger partial charge in [0.1, 0.15) is 0 Å². The molecule has 1 aromatic rings. The molecule has 0 aliphatic rings. The van der Waals surface area contributed by atoms with E-state index in [0.717, 1.165) is 6.42 Å². The second kappa shape index (κ2) is 10.4. The Labute approximate surface area is 144 Å². The van der Waals surface area contributed by atoms with Crippen LogP contribution in [0.1, 0.15) is 30.8 Å². The zero-order chi connectivity index (χ0) is 17.9. The summed E-state index contributed by atoms with van der Waals surface area (Å²) in [6.45, 7) is 8.06. The second-order valence-electron chi connectivity index (χ2n) is 5.27. The Morgan fingerprint density at radius 1 is 1.42 bits per heavy atom. The average Bonchev–Trinajstić information content (AvgIpc) is 2.99. The van der Waals surface area contributed by atoms with Crippen molar-refractivity contribution in [1.29, 1.82) is 0 Å². The molecule has 0 aliphatic heterocycles. The lowest BCUT2D eigenvalue weighted by molar-refractivity contribution is -0.123. The Morgan fingerprint density at radius 2 is 2.17 bits per heavy atom. The van der Waals surface area contributed by atoms with Crippen LogP contribution in [0.15, 0.2) is 18.0 Å². The largest absolute Gasteiger partial charge is 0.451 e. The lowest BCUT2D eigenvalue weighted by atomic mass is 10.1. The number of esters is 1. The molecular weight excluding hydrogens is 332 g/mol. The van der Waals surface area contributed by atoms with Crippen molar-refractivity contribution in [1.82, 2.24) is 15.6 Å². The maximum atomic E-state index is 11.8. The van der Waals surface area contributed by atoms with Crippen LogP contribution in [0.25, 0.3) is 0 Å². The predicted molar refractivity (Wildman–Crippen MR) is 92.1 cm³/mol. The number of aromatic nitrogens is 1. The Bertz CT molecular complexity index is 586. The SMILES string of the molecule is C=CCNc1nc(C(=O)OCC(=O)NC(=O)NCCC(C)C)cs1. The zero-order valence-corrected chi connectivity index (χ0v) is 14.6. The van der Waals surface area contributed by atoms with Crippen LogP contribution < -0.4 is 16.0 Å². The molecule has 0 saturated carbocycles. The third-order valence-electron chi connectivity index (χ3n) is 2.71. The molecule has 1 aromatic heterocycles. The minimum atomic E-state index is -0.728. The molecule has 24 heavy (non-hydrogen) atoms. The molecule has 0 saturated heterocycles. The number of hydrogen-bond acceptors (Lipinski definition) is 7. The molecule has 1 heterocycles. The summed E-state index contributed by atoms with van der Waals surface area (Å²) in [4.78, 5) is 38.8. The summed E-state index contributed by atoms with van der Waals surface area (Å²) in [6, 6.07) is -0.610. The van der Waals surface area contributed by atoms with E-state index < -0.39 is 24.5 Å². The number of urea groups is 1. The maximum Gasteiger partial charge on any atom is 0.358 e. The molecule has 0 aliphatic carbocycles. The number of rotatable bonds is 9. The molecule has 1 rings (SSSR count). The Morgan fingerprint density at radius 3 is 2.83 bits per heavy atom. The van der Waals surface area contributed by atoms with E-state index in [-0.39, 0.29) is 5.69 Å². The fourth-order valence-corrected chi connectivity index (χ4v) is 2.18. The highest BCUT2D eigenvalue weighted by Crippen LogP contribution is 2.15. The molecule has 0 spiro atoms. The summed E-state index contributed by atoms with van der Waals surface area (Å²) in [7, 11) is 0. The van der Waals surface area contributed by atoms with E-state index >= 15 is 0 Å². The van der Waals surface area contributed by atoms with Crippen LogP contribution in [-0.2, 0) is 9.53 Å². The quantitative estimate of drug-likeness (QED) is 0.460. The van der Waals surface area contributed by atoms with Crippen LogP contribution >= 0.6 is 11.3 Å². The summed E-state index contributed by atoms with van der Waals surface area (Å²) in [5.41, 5.74) is 0.0979. The summed E-state index contributed by atoms with van der Waals surface area (Å²) >= 11 is 1.24. The van der Waals surface area contributed by atoms with Gasteiger partial charge in [-0.3, -0.25) is 10.1 Å². The van der Waals surface area contributed by atoms with E-state index in [9.17, 15) is 14.4 Å². The average molecular weight is 354 g/mol. The monoisotopic (exact) mass is 354 g/mol. The number of nitrogens with one attached hydrogen (secondary N) is 3. The van der Waals surface area contributed by atoms with Gasteiger partial charge in [0.25, 0.3) is 5.91 Å². The Balaban J connectivity index is 2.30. The molecule has 8 nitrogen and oxygen atoms in total. The van der Waals surface area contributed by atoms with Crippen molar-refractivity contribution < 1.29 is 19.1 Å². The molecule has 3 amide bonds. The summed E-state index contributed by atoms with van der Waals surface area (Å²) in [6.07, 6.45) is 2.47. The van der Waals surface area contributed by atoms with E-state index in [1.807, 2.05) is 13.8 Å². The minimum absolute atomic E-state index is 0.0979. The topological polar surface area (TPSA) is 109 Å². The lowest BCUT2D eigenvalue weighted by Gasteiger charge is -2.08. The van der Waals surface area contributed by atoms with Gasteiger partial charge in [-0.25, -0.2) is 14.6 Å². The van der Waals surface area contributed by atoms with Crippen LogP contribution in [0.5, 0.6) is 0 Å². The van der Waals surface area contributed by atoms with E-state index in [1.165, 1.54) is 16.7 Å². The number of anilines is 1. The number of ether oxygens (including phenoxy) is 1. The number of hydrogen-bond donors (Lipinski definition) is 3. The van der Waals surface area contributed by atoms with Crippen LogP contribution in [0, 0.1) is 5.92 Å². The summed E-state index contributed by atoms with van der Waals surface area (Å²) < 4.78 is 4.82. The number of carbonyl (C=O) groups is 3. The van der Waals surface area contributed by atoms with E-state index in [1.54, 1.807) is 6.08 Å². The fourth-order valence-electron chi connectivity index (χ4n) is 1.49. The number of nitrogens with zero attached hydrogens (tertiary/aromatic N) is 1. The van der Waals surface area contributed by atoms with Crippen LogP contribution in [0.4, 0.5) is 9.93 Å². The van der Waals surface area contributed by atoms with Crippen molar-refractivity contribution in [2.45, 2.75) is 20.3 Å². The first-order valence-electron chi connectivity index (χ1n) is 7.47. The van der Waals surface area contributed by atoms with Gasteiger partial charge in [-0.1, -0.05) is 19.9 Å². The molecule has 0 unspecified atom stereocenters. The lowest BCUT2D eigenvalue weighted by Crippen LogP contribution is -2.42. The van der Waals surface area contributed by atoms with Crippen molar-refractivity contribution in [2.24, 2.45) is 5.92 Å². The van der Waals surface area contributed by atoms with E-state index in [2.05, 4.69) is 27.5 Å². The first kappa shape index (κ1) is 19.6. The molecule has 0 aromatic carbocycles. The third kappa shape index (κ3) is 7.73. The maximum absolute atomic E-state index is 11.8. The smallest absolute Gasteiger partial charge is 0.358 e. The van der Waals surface area contributed by atoms with Crippen molar-refractivity contribution in [3.8, 4) is 0 Å². The van der Waals surface area contributed by atoms with Gasteiger partial charge in [-0.05, 0) is 12.3 Å². The van der Waals surface area contributed by atoms with Gasteiger partial charge < -0.3 is 15.4 Å². The fraction of sp³-hybridized carbons (Fsp3) is 0.467. The van der Waals surface area contributed by atoms with Crippen molar-refractivity contribution in [3.63, 3.8) is 0 Å². The molecule has 0 atom stereocenters. The van der Waals surface area contributed by atoms with Gasteiger partial charge in [0.05, 0.1) is 0 Å². The molecule has 9 heteroatoms. The highest BCUT2D eigenvalue weighted by Gasteiger charge is 2.15. The first-order chi connectivity index (χ1) is 11.4. The second-order valence-corrected chi connectivity index (χ2v) is 6.13. The van der Waals surface area contributed by atoms with Gasteiger partial charge in [0, 0.05) is 18.5 Å². The van der Waals surface area contributed by atoms with Crippen molar-refractivity contribution >= 4 is 34.4 Å². The molecule has 132 valence electrons. The van der Waals surface area contributed by atoms with Gasteiger partial charge in [-0.15, -0.1) is 17.9 Å². The standard InChI is InChI=1S/C15H22N4O4S/c1-4-6-17-15-18-11(9-24-15)13(21)23-8-12(20)19-14(22)16-7-5-10(2)3/h4,9-10H,1,5-8H2,2-3H3,(H,17,18)(H2,16,19,20,22). The molecule has 0 bridgehead atoms. The number of imide groups is 1. The van der Waals surface area contributed by atoms with E-state index in [0.29, 0.717) is 24.1 Å². The third-order valence-corrected chi connectivity index (χ3v) is 3.51. The summed E-state index contributed by atoms with van der Waals surface area (Å²) in [5, 5.41) is 9.64. The van der Waals surface area contributed by atoms with Gasteiger partial charge in [0.15, 0.2) is 17.4 Å². The number of carbonyl (C=O) groups excluding carboxylic acids is 3. The molecular formula is C15H22N4O4S. The van der Waals surface area contributed by atoms with Crippen LogP contribution in [0.2, 0.25) is 0 Å². The zero-order valence-electron chi connectivity index (χ0n) is 13.8. The Hall–Kier alpha value is -2.42. The summed E-state index contributed by atoms with van der Waals surface area (Å²) in [5.74, 6) is -0.982. The van der Waals surface area contributed by atoms with Gasteiger partial charge in [-0.2, -0.15) is 0 Å². The van der Waals surface area contributed by atoms with Crippen LogP contribution in [-0.4, -0.2) is 42.6 Å². The van der Waals surface area contributed by atoms with Crippen molar-refractivity contribution in [2.75, 3.05) is 25.0 Å². The van der Waals surface area contributed by atoms with Gasteiger partial charge in [0.2, 0.25) is 0 Å². The minimum Gasteiger partial charge on any atom is -0.451 e. The highest BCUT2D eigenvalue weighted by molar-refractivity contribution is 7.13. The number of amides is 3. The molecule has 3 N–H and O–H groups in total. The molecule has 0 fully saturated rings. The first-order valence-corrected chi connectivity index (χ1v) is 8.35. The van der Waals surface area contributed by atoms with Crippen molar-refractivity contribution in [3.05, 3.63) is 23.7 Å². The number of thiazole rings is 1. The van der Waals surface area contributed by atoms with Gasteiger partial charge >= 0.3 is 12.0 Å². The normalized spacial score (nSPS) is 10.1. The van der Waals surface area contributed by atoms with Crippen LogP contribution in [0.3, 0.4) is 0 Å². The molecule has 0 radical (unpaired) electrons. The highest BCUT2D eigenvalue weighted by atomic mass is 32.1. The predicted octanol–water partition coefficient (Wildman–Crippen LogP) is 1.77.